The molecule has 5 rings (SSSR count). The molecule has 0 atom stereocenters. The smallest absolute Gasteiger partial charge is 0.223 e. The highest BCUT2D eigenvalue weighted by Gasteiger charge is 2.24. The topological polar surface area (TPSA) is 57.2 Å². The van der Waals surface area contributed by atoms with E-state index in [9.17, 15) is 4.39 Å². The Morgan fingerprint density at radius 2 is 1.93 bits per heavy atom. The zero-order valence-corrected chi connectivity index (χ0v) is 17.1. The van der Waals surface area contributed by atoms with Crippen LogP contribution in [0, 0.1) is 5.82 Å². The summed E-state index contributed by atoms with van der Waals surface area (Å²) in [6.45, 7) is 3.88. The third-order valence-corrected chi connectivity index (χ3v) is 6.43. The SMILES string of the molecule is CN1CCN(c2nc(-c3cccc(F)c3)c(-c3ccnc(NC4CC4)n3)s2)CC1. The zero-order chi connectivity index (χ0) is 19.8. The van der Waals surface area contributed by atoms with Gasteiger partial charge in [-0.05, 0) is 38.1 Å². The van der Waals surface area contributed by atoms with Crippen molar-refractivity contribution in [2.45, 2.75) is 18.9 Å². The summed E-state index contributed by atoms with van der Waals surface area (Å²) in [5.41, 5.74) is 2.37. The van der Waals surface area contributed by atoms with Crippen molar-refractivity contribution in [2.24, 2.45) is 0 Å². The number of halogens is 1. The number of rotatable bonds is 5. The summed E-state index contributed by atoms with van der Waals surface area (Å²) in [4.78, 5) is 19.6. The maximum Gasteiger partial charge on any atom is 0.223 e. The number of hydrogen-bond donors (Lipinski definition) is 1. The van der Waals surface area contributed by atoms with E-state index in [2.05, 4.69) is 27.1 Å². The van der Waals surface area contributed by atoms with Crippen molar-refractivity contribution in [3.8, 4) is 21.8 Å². The van der Waals surface area contributed by atoms with Crippen LogP contribution in [0.25, 0.3) is 21.8 Å². The summed E-state index contributed by atoms with van der Waals surface area (Å²) in [6, 6.07) is 9.01. The van der Waals surface area contributed by atoms with Gasteiger partial charge in [-0.3, -0.25) is 0 Å². The van der Waals surface area contributed by atoms with Gasteiger partial charge >= 0.3 is 0 Å². The van der Waals surface area contributed by atoms with Gasteiger partial charge in [0.25, 0.3) is 0 Å². The Balaban J connectivity index is 1.55. The van der Waals surface area contributed by atoms with Crippen molar-refractivity contribution in [2.75, 3.05) is 43.4 Å². The van der Waals surface area contributed by atoms with Gasteiger partial charge in [0.15, 0.2) is 5.13 Å². The second kappa shape index (κ2) is 7.68. The molecule has 1 saturated carbocycles. The molecule has 0 amide bonds. The molecular weight excluding hydrogens is 387 g/mol. The number of anilines is 2. The van der Waals surface area contributed by atoms with Crippen molar-refractivity contribution >= 4 is 22.4 Å². The van der Waals surface area contributed by atoms with Gasteiger partial charge in [0.1, 0.15) is 5.82 Å². The quantitative estimate of drug-likeness (QED) is 0.692. The minimum absolute atomic E-state index is 0.263. The molecule has 1 aliphatic carbocycles. The molecule has 1 saturated heterocycles. The number of aromatic nitrogens is 3. The van der Waals surface area contributed by atoms with Gasteiger partial charge in [0.2, 0.25) is 5.95 Å². The highest BCUT2D eigenvalue weighted by molar-refractivity contribution is 7.19. The number of nitrogens with zero attached hydrogens (tertiary/aromatic N) is 5. The first kappa shape index (κ1) is 18.4. The Bertz CT molecular complexity index is 1010. The standard InChI is InChI=1S/C21H23FN6S/c1-27-9-11-28(12-10-27)21-26-18(14-3-2-4-15(22)13-14)19(29-21)17-7-8-23-20(25-17)24-16-5-6-16/h2-4,7-8,13,16H,5-6,9-12H2,1H3,(H,23,24,25). The van der Waals surface area contributed by atoms with E-state index in [1.807, 2.05) is 12.1 Å². The van der Waals surface area contributed by atoms with Gasteiger partial charge in [0.05, 0.1) is 16.3 Å². The minimum atomic E-state index is -0.263. The summed E-state index contributed by atoms with van der Waals surface area (Å²) < 4.78 is 13.9. The molecule has 3 aromatic rings. The average molecular weight is 411 g/mol. The second-order valence-electron chi connectivity index (χ2n) is 7.66. The lowest BCUT2D eigenvalue weighted by atomic mass is 10.1. The zero-order valence-electron chi connectivity index (χ0n) is 16.3. The molecular formula is C21H23FN6S. The van der Waals surface area contributed by atoms with Crippen molar-refractivity contribution in [3.63, 3.8) is 0 Å². The fourth-order valence-corrected chi connectivity index (χ4v) is 4.52. The molecule has 3 heterocycles. The summed E-state index contributed by atoms with van der Waals surface area (Å²) in [6.07, 6.45) is 4.10. The van der Waals surface area contributed by atoms with Crippen LogP contribution in [0.2, 0.25) is 0 Å². The fraction of sp³-hybridized carbons (Fsp3) is 0.381. The molecule has 29 heavy (non-hydrogen) atoms. The fourth-order valence-electron chi connectivity index (χ4n) is 3.41. The first-order valence-corrected chi connectivity index (χ1v) is 10.8. The molecule has 1 aromatic carbocycles. The molecule has 0 bridgehead atoms. The van der Waals surface area contributed by atoms with Crippen molar-refractivity contribution in [1.29, 1.82) is 0 Å². The summed E-state index contributed by atoms with van der Waals surface area (Å²) >= 11 is 1.62. The molecule has 1 N–H and O–H groups in total. The summed E-state index contributed by atoms with van der Waals surface area (Å²) in [7, 11) is 2.14. The Hall–Kier alpha value is -2.58. The lowest BCUT2D eigenvalue weighted by Gasteiger charge is -2.32. The number of nitrogens with one attached hydrogen (secondary N) is 1. The highest BCUT2D eigenvalue weighted by Crippen LogP contribution is 2.40. The van der Waals surface area contributed by atoms with Crippen LogP contribution in [0.4, 0.5) is 15.5 Å². The predicted molar refractivity (Wildman–Crippen MR) is 115 cm³/mol. The van der Waals surface area contributed by atoms with E-state index < -0.39 is 0 Å². The van der Waals surface area contributed by atoms with Crippen LogP contribution in [-0.2, 0) is 0 Å². The highest BCUT2D eigenvalue weighted by atomic mass is 32.1. The van der Waals surface area contributed by atoms with E-state index in [0.717, 1.165) is 66.0 Å². The normalized spacial score (nSPS) is 17.5. The lowest BCUT2D eigenvalue weighted by molar-refractivity contribution is 0.313. The third-order valence-electron chi connectivity index (χ3n) is 5.29. The molecule has 1 aliphatic heterocycles. The monoisotopic (exact) mass is 410 g/mol. The van der Waals surface area contributed by atoms with E-state index in [1.165, 1.54) is 12.1 Å². The van der Waals surface area contributed by atoms with Crippen LogP contribution >= 0.6 is 11.3 Å². The first-order valence-electron chi connectivity index (χ1n) is 9.96. The number of thiazole rings is 1. The van der Waals surface area contributed by atoms with Gasteiger partial charge in [-0.2, -0.15) is 0 Å². The number of piperazine rings is 1. The van der Waals surface area contributed by atoms with E-state index in [-0.39, 0.29) is 5.82 Å². The summed E-state index contributed by atoms with van der Waals surface area (Å²) in [5.74, 6) is 0.381. The van der Waals surface area contributed by atoms with Gasteiger partial charge in [0, 0.05) is 44.0 Å². The second-order valence-corrected chi connectivity index (χ2v) is 8.64. The van der Waals surface area contributed by atoms with E-state index in [4.69, 9.17) is 9.97 Å². The third kappa shape index (κ3) is 4.09. The maximum absolute atomic E-state index is 13.9. The minimum Gasteiger partial charge on any atom is -0.351 e. The van der Waals surface area contributed by atoms with Gasteiger partial charge in [-0.15, -0.1) is 0 Å². The predicted octanol–water partition coefficient (Wildman–Crippen LogP) is 3.73. The molecule has 150 valence electrons. The first-order chi connectivity index (χ1) is 14.2. The molecule has 0 spiro atoms. The largest absolute Gasteiger partial charge is 0.351 e. The molecule has 2 aliphatic rings. The van der Waals surface area contributed by atoms with E-state index in [0.29, 0.717) is 12.0 Å². The van der Waals surface area contributed by atoms with Crippen molar-refractivity contribution in [1.82, 2.24) is 19.9 Å². The molecule has 2 aromatic heterocycles. The van der Waals surface area contributed by atoms with E-state index >= 15 is 0 Å². The van der Waals surface area contributed by atoms with Crippen LogP contribution in [0.15, 0.2) is 36.5 Å². The van der Waals surface area contributed by atoms with Crippen molar-refractivity contribution < 1.29 is 4.39 Å². The Kier molecular flexibility index (Phi) is 4.89. The van der Waals surface area contributed by atoms with Crippen molar-refractivity contribution in [3.05, 3.63) is 42.3 Å². The molecule has 8 heteroatoms. The maximum atomic E-state index is 13.9. The Morgan fingerprint density at radius 1 is 1.10 bits per heavy atom. The van der Waals surface area contributed by atoms with Gasteiger partial charge in [-0.1, -0.05) is 23.5 Å². The molecule has 0 radical (unpaired) electrons. The Labute approximate surface area is 173 Å². The average Bonchev–Trinajstić information content (AvgIpc) is 3.43. The molecule has 0 unspecified atom stereocenters. The van der Waals surface area contributed by atoms with Gasteiger partial charge in [-0.25, -0.2) is 19.3 Å². The van der Waals surface area contributed by atoms with Crippen LogP contribution in [0.5, 0.6) is 0 Å². The van der Waals surface area contributed by atoms with Crippen LogP contribution in [0.3, 0.4) is 0 Å². The van der Waals surface area contributed by atoms with E-state index in [1.54, 1.807) is 23.6 Å². The van der Waals surface area contributed by atoms with Crippen LogP contribution < -0.4 is 10.2 Å². The Morgan fingerprint density at radius 3 is 2.69 bits per heavy atom. The number of likely N-dealkylation sites (N-methyl/N-ethyl adjacent to an activating group) is 1. The molecule has 6 nitrogen and oxygen atoms in total. The van der Waals surface area contributed by atoms with Crippen LogP contribution in [0.1, 0.15) is 12.8 Å². The lowest BCUT2D eigenvalue weighted by Crippen LogP contribution is -2.44. The number of hydrogen-bond acceptors (Lipinski definition) is 7. The number of benzene rings is 1. The molecule has 2 fully saturated rings. The van der Waals surface area contributed by atoms with Gasteiger partial charge < -0.3 is 15.1 Å². The van der Waals surface area contributed by atoms with Crippen LogP contribution in [-0.4, -0.2) is 59.1 Å². The summed E-state index contributed by atoms with van der Waals surface area (Å²) in [5, 5.41) is 4.32.